The lowest BCUT2D eigenvalue weighted by molar-refractivity contribution is 0.0946. The Morgan fingerprint density at radius 1 is 1.42 bits per heavy atom. The lowest BCUT2D eigenvalue weighted by Gasteiger charge is -2.27. The number of nitrogens with one attached hydrogen (secondary N) is 2. The number of piperazine rings is 1. The molecule has 0 atom stereocenters. The second-order valence-electron chi connectivity index (χ2n) is 4.67. The standard InChI is InChI=1S/C13H21N3O2.ClH/c1-10-9-12(11(2)18-10)13(17)15-5-8-16-6-3-14-4-7-16;/h9,14H,3-8H2,1-2H3,(H,15,17);1H. The largest absolute Gasteiger partial charge is 0.466 e. The summed E-state index contributed by atoms with van der Waals surface area (Å²) in [6.45, 7) is 9.44. The number of carbonyl (C=O) groups excluding carboxylic acids is 1. The van der Waals surface area contributed by atoms with Gasteiger partial charge in [-0.25, -0.2) is 0 Å². The van der Waals surface area contributed by atoms with Crippen LogP contribution in [0.15, 0.2) is 10.5 Å². The van der Waals surface area contributed by atoms with E-state index in [1.165, 1.54) is 0 Å². The Bertz CT molecular complexity index is 414. The van der Waals surface area contributed by atoms with E-state index in [1.54, 1.807) is 6.07 Å². The molecule has 1 aromatic heterocycles. The van der Waals surface area contributed by atoms with E-state index >= 15 is 0 Å². The summed E-state index contributed by atoms with van der Waals surface area (Å²) in [4.78, 5) is 14.3. The van der Waals surface area contributed by atoms with Crippen LogP contribution in [0.2, 0.25) is 0 Å². The van der Waals surface area contributed by atoms with E-state index in [-0.39, 0.29) is 18.3 Å². The molecule has 0 saturated carbocycles. The Labute approximate surface area is 120 Å². The van der Waals surface area contributed by atoms with Crippen LogP contribution in [-0.2, 0) is 0 Å². The Kier molecular flexibility index (Phi) is 6.34. The maximum atomic E-state index is 11.9. The lowest BCUT2D eigenvalue weighted by Crippen LogP contribution is -2.46. The summed E-state index contributed by atoms with van der Waals surface area (Å²) >= 11 is 0. The van der Waals surface area contributed by atoms with Crippen molar-refractivity contribution in [1.82, 2.24) is 15.5 Å². The zero-order chi connectivity index (χ0) is 13.0. The Balaban J connectivity index is 0.00000180. The van der Waals surface area contributed by atoms with Crippen molar-refractivity contribution >= 4 is 18.3 Å². The zero-order valence-corrected chi connectivity index (χ0v) is 12.3. The van der Waals surface area contributed by atoms with E-state index < -0.39 is 0 Å². The van der Waals surface area contributed by atoms with E-state index in [9.17, 15) is 4.79 Å². The maximum Gasteiger partial charge on any atom is 0.254 e. The molecule has 0 bridgehead atoms. The molecule has 1 amide bonds. The quantitative estimate of drug-likeness (QED) is 0.866. The van der Waals surface area contributed by atoms with Crippen LogP contribution in [0.1, 0.15) is 21.9 Å². The van der Waals surface area contributed by atoms with Gasteiger partial charge in [-0.05, 0) is 19.9 Å². The molecule has 19 heavy (non-hydrogen) atoms. The van der Waals surface area contributed by atoms with Crippen molar-refractivity contribution in [2.75, 3.05) is 39.3 Å². The second-order valence-corrected chi connectivity index (χ2v) is 4.67. The fourth-order valence-corrected chi connectivity index (χ4v) is 2.21. The van der Waals surface area contributed by atoms with E-state index in [2.05, 4.69) is 15.5 Å². The highest BCUT2D eigenvalue weighted by molar-refractivity contribution is 5.95. The van der Waals surface area contributed by atoms with Gasteiger partial charge in [0.15, 0.2) is 0 Å². The molecule has 1 aromatic rings. The first-order valence-corrected chi connectivity index (χ1v) is 6.45. The minimum atomic E-state index is -0.0421. The van der Waals surface area contributed by atoms with Crippen LogP contribution in [-0.4, -0.2) is 50.1 Å². The summed E-state index contributed by atoms with van der Waals surface area (Å²) in [5, 5.41) is 6.25. The minimum Gasteiger partial charge on any atom is -0.466 e. The molecular formula is C13H22ClN3O2. The summed E-state index contributed by atoms with van der Waals surface area (Å²) < 4.78 is 5.35. The first-order valence-electron chi connectivity index (χ1n) is 6.45. The van der Waals surface area contributed by atoms with Gasteiger partial charge in [-0.15, -0.1) is 12.4 Å². The number of amides is 1. The minimum absolute atomic E-state index is 0. The molecule has 5 nitrogen and oxygen atoms in total. The van der Waals surface area contributed by atoms with Crippen molar-refractivity contribution in [2.45, 2.75) is 13.8 Å². The fourth-order valence-electron chi connectivity index (χ4n) is 2.21. The Hall–Kier alpha value is -1.04. The molecule has 0 unspecified atom stereocenters. The molecule has 108 valence electrons. The van der Waals surface area contributed by atoms with Crippen molar-refractivity contribution < 1.29 is 9.21 Å². The Morgan fingerprint density at radius 2 is 2.11 bits per heavy atom. The highest BCUT2D eigenvalue weighted by atomic mass is 35.5. The predicted molar refractivity (Wildman–Crippen MR) is 77.1 cm³/mol. The second kappa shape index (κ2) is 7.53. The molecule has 0 spiro atoms. The van der Waals surface area contributed by atoms with Gasteiger partial charge in [-0.1, -0.05) is 0 Å². The van der Waals surface area contributed by atoms with Gasteiger partial charge in [-0.3, -0.25) is 9.69 Å². The molecule has 1 aliphatic rings. The molecule has 6 heteroatoms. The highest BCUT2D eigenvalue weighted by Gasteiger charge is 2.14. The molecule has 0 radical (unpaired) electrons. The van der Waals surface area contributed by atoms with E-state index in [0.717, 1.165) is 38.5 Å². The SMILES string of the molecule is Cc1cc(C(=O)NCCN2CCNCC2)c(C)o1.Cl. The smallest absolute Gasteiger partial charge is 0.254 e. The van der Waals surface area contributed by atoms with Crippen molar-refractivity contribution in [1.29, 1.82) is 0 Å². The van der Waals surface area contributed by atoms with Gasteiger partial charge in [0, 0.05) is 39.3 Å². The van der Waals surface area contributed by atoms with Gasteiger partial charge in [0.05, 0.1) is 5.56 Å². The van der Waals surface area contributed by atoms with Gasteiger partial charge in [0.1, 0.15) is 11.5 Å². The van der Waals surface area contributed by atoms with Crippen LogP contribution in [0.3, 0.4) is 0 Å². The molecule has 1 aliphatic heterocycles. The van der Waals surface area contributed by atoms with Crippen LogP contribution >= 0.6 is 12.4 Å². The fraction of sp³-hybridized carbons (Fsp3) is 0.615. The van der Waals surface area contributed by atoms with E-state index in [4.69, 9.17) is 4.42 Å². The first kappa shape index (κ1) is 16.0. The third-order valence-corrected chi connectivity index (χ3v) is 3.21. The molecule has 0 aliphatic carbocycles. The summed E-state index contributed by atoms with van der Waals surface area (Å²) in [5.41, 5.74) is 0.646. The van der Waals surface area contributed by atoms with Gasteiger partial charge in [-0.2, -0.15) is 0 Å². The molecule has 2 rings (SSSR count). The average Bonchev–Trinajstić information content (AvgIpc) is 2.70. The van der Waals surface area contributed by atoms with Crippen molar-refractivity contribution in [3.8, 4) is 0 Å². The summed E-state index contributed by atoms with van der Waals surface area (Å²) in [6, 6.07) is 1.79. The number of carbonyl (C=O) groups is 1. The van der Waals surface area contributed by atoms with Crippen molar-refractivity contribution in [3.05, 3.63) is 23.2 Å². The molecule has 1 saturated heterocycles. The molecule has 0 aromatic carbocycles. The first-order chi connectivity index (χ1) is 8.66. The third-order valence-electron chi connectivity index (χ3n) is 3.21. The van der Waals surface area contributed by atoms with Crippen LogP contribution < -0.4 is 10.6 Å². The molecular weight excluding hydrogens is 266 g/mol. The summed E-state index contributed by atoms with van der Waals surface area (Å²) in [7, 11) is 0. The van der Waals surface area contributed by atoms with Crippen LogP contribution in [0.25, 0.3) is 0 Å². The summed E-state index contributed by atoms with van der Waals surface area (Å²) in [5.74, 6) is 1.42. The van der Waals surface area contributed by atoms with Crippen LogP contribution in [0, 0.1) is 13.8 Å². The lowest BCUT2D eigenvalue weighted by atomic mass is 10.2. The number of furan rings is 1. The number of hydrogen-bond donors (Lipinski definition) is 2. The number of halogens is 1. The normalized spacial score (nSPS) is 15.9. The monoisotopic (exact) mass is 287 g/mol. The van der Waals surface area contributed by atoms with Gasteiger partial charge in [0.25, 0.3) is 5.91 Å². The zero-order valence-electron chi connectivity index (χ0n) is 11.5. The maximum absolute atomic E-state index is 11.9. The number of nitrogens with zero attached hydrogens (tertiary/aromatic N) is 1. The van der Waals surface area contributed by atoms with E-state index in [1.807, 2.05) is 13.8 Å². The van der Waals surface area contributed by atoms with Crippen LogP contribution in [0.4, 0.5) is 0 Å². The topological polar surface area (TPSA) is 57.5 Å². The van der Waals surface area contributed by atoms with Gasteiger partial charge < -0.3 is 15.1 Å². The van der Waals surface area contributed by atoms with Crippen molar-refractivity contribution in [2.24, 2.45) is 0 Å². The third kappa shape index (κ3) is 4.53. The number of aryl methyl sites for hydroxylation is 2. The highest BCUT2D eigenvalue weighted by Crippen LogP contribution is 2.13. The van der Waals surface area contributed by atoms with Gasteiger partial charge in [0.2, 0.25) is 0 Å². The average molecular weight is 288 g/mol. The number of rotatable bonds is 4. The van der Waals surface area contributed by atoms with E-state index in [0.29, 0.717) is 17.9 Å². The molecule has 1 fully saturated rings. The summed E-state index contributed by atoms with van der Waals surface area (Å²) in [6.07, 6.45) is 0. The van der Waals surface area contributed by atoms with Crippen molar-refractivity contribution in [3.63, 3.8) is 0 Å². The van der Waals surface area contributed by atoms with Crippen LogP contribution in [0.5, 0.6) is 0 Å². The number of hydrogen-bond acceptors (Lipinski definition) is 4. The predicted octanol–water partition coefficient (Wildman–Crippen LogP) is 0.953. The molecule has 2 heterocycles. The molecule has 2 N–H and O–H groups in total. The Morgan fingerprint density at radius 3 is 2.68 bits per heavy atom. The van der Waals surface area contributed by atoms with Gasteiger partial charge >= 0.3 is 0 Å².